The molecule has 0 amide bonds. The van der Waals surface area contributed by atoms with Crippen LogP contribution in [0.25, 0.3) is 0 Å². The Morgan fingerprint density at radius 2 is 1.81 bits per heavy atom. The summed E-state index contributed by atoms with van der Waals surface area (Å²) in [4.78, 5) is 11.1. The van der Waals surface area contributed by atoms with Gasteiger partial charge >= 0.3 is 5.97 Å². The molecule has 0 bridgehead atoms. The van der Waals surface area contributed by atoms with Crippen molar-refractivity contribution in [1.82, 2.24) is 8.61 Å². The molecule has 0 spiro atoms. The van der Waals surface area contributed by atoms with Crippen LogP contribution < -0.4 is 0 Å². The van der Waals surface area contributed by atoms with Gasteiger partial charge in [-0.05, 0) is 25.7 Å². The van der Waals surface area contributed by atoms with Crippen molar-refractivity contribution in [2.45, 2.75) is 52.4 Å². The number of hydrogen-bond acceptors (Lipinski definition) is 3. The van der Waals surface area contributed by atoms with Crippen LogP contribution in [-0.2, 0) is 15.0 Å². The largest absolute Gasteiger partial charge is 0.481 e. The van der Waals surface area contributed by atoms with Gasteiger partial charge in [0.15, 0.2) is 0 Å². The molecule has 21 heavy (non-hydrogen) atoms. The van der Waals surface area contributed by atoms with Crippen LogP contribution in [0, 0.1) is 5.92 Å². The summed E-state index contributed by atoms with van der Waals surface area (Å²) in [6, 6.07) is 0. The van der Waals surface area contributed by atoms with Crippen LogP contribution in [0.2, 0.25) is 0 Å². The van der Waals surface area contributed by atoms with E-state index in [1.165, 1.54) is 8.61 Å². The second-order valence-electron chi connectivity index (χ2n) is 5.65. The monoisotopic (exact) mass is 320 g/mol. The number of carbonyl (C=O) groups is 1. The van der Waals surface area contributed by atoms with E-state index in [9.17, 15) is 13.2 Å². The smallest absolute Gasteiger partial charge is 0.307 e. The molecule has 1 atom stereocenters. The summed E-state index contributed by atoms with van der Waals surface area (Å²) in [5.74, 6) is -1.48. The van der Waals surface area contributed by atoms with Crippen molar-refractivity contribution < 1.29 is 18.3 Å². The topological polar surface area (TPSA) is 77.9 Å². The zero-order valence-electron chi connectivity index (χ0n) is 13.1. The quantitative estimate of drug-likeness (QED) is 0.704. The Hall–Kier alpha value is -0.660. The van der Waals surface area contributed by atoms with E-state index >= 15 is 0 Å². The van der Waals surface area contributed by atoms with Crippen molar-refractivity contribution in [2.75, 3.05) is 26.2 Å². The molecule has 1 aliphatic rings. The van der Waals surface area contributed by atoms with E-state index in [2.05, 4.69) is 0 Å². The number of rotatable bonds is 9. The van der Waals surface area contributed by atoms with Crippen LogP contribution in [0.4, 0.5) is 0 Å². The van der Waals surface area contributed by atoms with Crippen molar-refractivity contribution in [3.05, 3.63) is 0 Å². The number of hydrogen-bond donors (Lipinski definition) is 1. The maximum Gasteiger partial charge on any atom is 0.307 e. The molecule has 0 radical (unpaired) electrons. The van der Waals surface area contributed by atoms with Crippen LogP contribution in [0.15, 0.2) is 0 Å². The first-order chi connectivity index (χ1) is 9.93. The molecule has 124 valence electrons. The Labute approximate surface area is 128 Å². The number of unbranched alkanes of at least 4 members (excludes halogenated alkanes) is 2. The summed E-state index contributed by atoms with van der Waals surface area (Å²) in [6.07, 6.45) is 4.72. The third-order valence-corrected chi connectivity index (χ3v) is 5.91. The second-order valence-corrected chi connectivity index (χ2v) is 7.58. The lowest BCUT2D eigenvalue weighted by Crippen LogP contribution is -2.49. The molecule has 6 nitrogen and oxygen atoms in total. The van der Waals surface area contributed by atoms with E-state index in [0.29, 0.717) is 32.5 Å². The first-order valence-corrected chi connectivity index (χ1v) is 9.31. The summed E-state index contributed by atoms with van der Waals surface area (Å²) in [5.41, 5.74) is 0. The lowest BCUT2D eigenvalue weighted by atomic mass is 10.0. The molecule has 1 saturated heterocycles. The standard InChI is InChI=1S/C14H28N2O4S/c1-3-5-9-15(10-6-4-2)21(19,20)16-11-7-8-13(12-16)14(17)18/h13H,3-12H2,1-2H3,(H,17,18). The van der Waals surface area contributed by atoms with Crippen LogP contribution in [-0.4, -0.2) is 54.3 Å². The van der Waals surface area contributed by atoms with E-state index in [1.54, 1.807) is 0 Å². The minimum atomic E-state index is -3.53. The SMILES string of the molecule is CCCCN(CCCC)S(=O)(=O)N1CCCC(C(=O)O)C1. The van der Waals surface area contributed by atoms with Gasteiger partial charge in [-0.2, -0.15) is 17.0 Å². The van der Waals surface area contributed by atoms with Gasteiger partial charge < -0.3 is 5.11 Å². The highest BCUT2D eigenvalue weighted by molar-refractivity contribution is 7.86. The fraction of sp³-hybridized carbons (Fsp3) is 0.929. The predicted molar refractivity (Wildman–Crippen MR) is 82.2 cm³/mol. The fourth-order valence-corrected chi connectivity index (χ4v) is 4.30. The second kappa shape index (κ2) is 8.70. The molecule has 1 rings (SSSR count). The van der Waals surface area contributed by atoms with E-state index in [-0.39, 0.29) is 6.54 Å². The summed E-state index contributed by atoms with van der Waals surface area (Å²) in [6.45, 7) is 5.64. The van der Waals surface area contributed by atoms with Gasteiger partial charge in [0.05, 0.1) is 5.92 Å². The third-order valence-electron chi connectivity index (χ3n) is 3.91. The Bertz CT molecular complexity index is 417. The molecular weight excluding hydrogens is 292 g/mol. The van der Waals surface area contributed by atoms with Gasteiger partial charge in [-0.1, -0.05) is 26.7 Å². The molecule has 0 aliphatic carbocycles. The molecule has 1 heterocycles. The molecule has 7 heteroatoms. The Balaban J connectivity index is 2.80. The molecule has 1 unspecified atom stereocenters. The van der Waals surface area contributed by atoms with E-state index < -0.39 is 22.1 Å². The van der Waals surface area contributed by atoms with E-state index in [4.69, 9.17) is 5.11 Å². The molecule has 0 saturated carbocycles. The van der Waals surface area contributed by atoms with Gasteiger partial charge in [0.2, 0.25) is 0 Å². The van der Waals surface area contributed by atoms with Gasteiger partial charge in [0, 0.05) is 26.2 Å². The number of nitrogens with zero attached hydrogens (tertiary/aromatic N) is 2. The number of piperidine rings is 1. The first kappa shape index (κ1) is 18.4. The number of aliphatic carboxylic acids is 1. The van der Waals surface area contributed by atoms with Crippen molar-refractivity contribution >= 4 is 16.2 Å². The Morgan fingerprint density at radius 3 is 2.29 bits per heavy atom. The van der Waals surface area contributed by atoms with Crippen molar-refractivity contribution in [3.8, 4) is 0 Å². The first-order valence-electron chi connectivity index (χ1n) is 7.91. The fourth-order valence-electron chi connectivity index (χ4n) is 2.53. The minimum Gasteiger partial charge on any atom is -0.481 e. The maximum absolute atomic E-state index is 12.7. The van der Waals surface area contributed by atoms with Gasteiger partial charge in [0.25, 0.3) is 10.2 Å². The highest BCUT2D eigenvalue weighted by Crippen LogP contribution is 2.22. The number of carboxylic acid groups (broad SMARTS) is 1. The molecule has 1 aliphatic heterocycles. The van der Waals surface area contributed by atoms with Crippen molar-refractivity contribution in [3.63, 3.8) is 0 Å². The number of carboxylic acids is 1. The van der Waals surface area contributed by atoms with Crippen LogP contribution >= 0.6 is 0 Å². The van der Waals surface area contributed by atoms with Crippen LogP contribution in [0.5, 0.6) is 0 Å². The summed E-state index contributed by atoms with van der Waals surface area (Å²) < 4.78 is 28.3. The van der Waals surface area contributed by atoms with Gasteiger partial charge in [-0.15, -0.1) is 0 Å². The van der Waals surface area contributed by atoms with Crippen LogP contribution in [0.3, 0.4) is 0 Å². The maximum atomic E-state index is 12.7. The van der Waals surface area contributed by atoms with E-state index in [0.717, 1.165) is 25.7 Å². The van der Waals surface area contributed by atoms with Gasteiger partial charge in [-0.3, -0.25) is 4.79 Å². The normalized spacial score (nSPS) is 20.8. The van der Waals surface area contributed by atoms with Gasteiger partial charge in [0.1, 0.15) is 0 Å². The summed E-state index contributed by atoms with van der Waals surface area (Å²) >= 11 is 0. The lowest BCUT2D eigenvalue weighted by Gasteiger charge is -2.34. The Kier molecular flexibility index (Phi) is 7.62. The average molecular weight is 320 g/mol. The van der Waals surface area contributed by atoms with Crippen molar-refractivity contribution in [1.29, 1.82) is 0 Å². The van der Waals surface area contributed by atoms with Crippen molar-refractivity contribution in [2.24, 2.45) is 5.92 Å². The highest BCUT2D eigenvalue weighted by Gasteiger charge is 2.35. The average Bonchev–Trinajstić information content (AvgIpc) is 2.47. The highest BCUT2D eigenvalue weighted by atomic mass is 32.2. The molecule has 0 aromatic heterocycles. The minimum absolute atomic E-state index is 0.104. The molecule has 1 fully saturated rings. The van der Waals surface area contributed by atoms with E-state index in [1.807, 2.05) is 13.8 Å². The zero-order valence-corrected chi connectivity index (χ0v) is 13.9. The zero-order chi connectivity index (χ0) is 15.9. The summed E-state index contributed by atoms with van der Waals surface area (Å²) in [7, 11) is -3.53. The molecule has 1 N–H and O–H groups in total. The third kappa shape index (κ3) is 5.23. The molecular formula is C14H28N2O4S. The van der Waals surface area contributed by atoms with Gasteiger partial charge in [-0.25, -0.2) is 0 Å². The lowest BCUT2D eigenvalue weighted by molar-refractivity contribution is -0.142. The predicted octanol–water partition coefficient (Wildman–Crippen LogP) is 1.93. The molecule has 0 aromatic carbocycles. The Morgan fingerprint density at radius 1 is 1.24 bits per heavy atom. The molecule has 0 aromatic rings. The van der Waals surface area contributed by atoms with Crippen LogP contribution in [0.1, 0.15) is 52.4 Å². The summed E-state index contributed by atoms with van der Waals surface area (Å²) in [5, 5.41) is 9.11.